The fraction of sp³-hybridized carbons (Fsp3) is 0.240. The summed E-state index contributed by atoms with van der Waals surface area (Å²) in [6, 6.07) is 18.0. The summed E-state index contributed by atoms with van der Waals surface area (Å²) in [5, 5.41) is 3.00. The monoisotopic (exact) mass is 563 g/mol. The highest BCUT2D eigenvalue weighted by molar-refractivity contribution is 7.92. The van der Waals surface area contributed by atoms with Crippen LogP contribution in [0.1, 0.15) is 12.8 Å². The molecule has 0 bridgehead atoms. The van der Waals surface area contributed by atoms with Crippen LogP contribution in [0.25, 0.3) is 0 Å². The van der Waals surface area contributed by atoms with Gasteiger partial charge in [-0.3, -0.25) is 9.10 Å². The van der Waals surface area contributed by atoms with Crippen LogP contribution in [-0.2, 0) is 24.8 Å². The second-order valence-corrected chi connectivity index (χ2v) is 12.6. The molecule has 0 aliphatic carbocycles. The summed E-state index contributed by atoms with van der Waals surface area (Å²) in [4.78, 5) is 13.1. The number of ether oxygens (including phenoxy) is 1. The van der Waals surface area contributed by atoms with Crippen molar-refractivity contribution in [2.24, 2.45) is 0 Å². The molecule has 0 radical (unpaired) electrons. The number of carbonyl (C=O) groups is 1. The van der Waals surface area contributed by atoms with Gasteiger partial charge < -0.3 is 10.1 Å². The molecule has 0 spiro atoms. The first kappa shape index (κ1) is 26.9. The number of hydrogen-bond acceptors (Lipinski definition) is 6. The molecule has 1 aliphatic rings. The van der Waals surface area contributed by atoms with E-state index in [-0.39, 0.29) is 26.9 Å². The molecule has 1 heterocycles. The van der Waals surface area contributed by atoms with Crippen LogP contribution in [-0.4, -0.2) is 53.8 Å². The molecule has 1 N–H and O–H groups in total. The van der Waals surface area contributed by atoms with Gasteiger partial charge in [0.1, 0.15) is 12.3 Å². The van der Waals surface area contributed by atoms with E-state index in [4.69, 9.17) is 16.3 Å². The third-order valence-electron chi connectivity index (χ3n) is 5.88. The Morgan fingerprint density at radius 2 is 1.57 bits per heavy atom. The molecule has 0 saturated carbocycles. The van der Waals surface area contributed by atoms with Gasteiger partial charge in [0.25, 0.3) is 10.0 Å². The first-order valence-corrected chi connectivity index (χ1v) is 14.7. The average Bonchev–Trinajstić information content (AvgIpc) is 3.44. The molecule has 196 valence electrons. The second-order valence-electron chi connectivity index (χ2n) is 8.32. The number of hydrogen-bond donors (Lipinski definition) is 1. The van der Waals surface area contributed by atoms with E-state index in [2.05, 4.69) is 5.32 Å². The predicted molar refractivity (Wildman–Crippen MR) is 142 cm³/mol. The minimum Gasteiger partial charge on any atom is -0.495 e. The number of nitrogens with one attached hydrogen (secondary N) is 1. The van der Waals surface area contributed by atoms with E-state index in [9.17, 15) is 21.6 Å². The van der Waals surface area contributed by atoms with Gasteiger partial charge in [0.2, 0.25) is 15.9 Å². The molecule has 0 unspecified atom stereocenters. The summed E-state index contributed by atoms with van der Waals surface area (Å²) in [5.41, 5.74) is 0.398. The molecule has 9 nitrogen and oxygen atoms in total. The Hall–Kier alpha value is -3.12. The molecule has 4 rings (SSSR count). The van der Waals surface area contributed by atoms with Crippen molar-refractivity contribution >= 4 is 48.9 Å². The normalized spacial score (nSPS) is 14.3. The van der Waals surface area contributed by atoms with Crippen molar-refractivity contribution < 1.29 is 26.4 Å². The first-order chi connectivity index (χ1) is 17.6. The summed E-state index contributed by atoms with van der Waals surface area (Å²) in [6.45, 7) is 0.302. The van der Waals surface area contributed by atoms with Crippen molar-refractivity contribution in [1.29, 1.82) is 0 Å². The minimum atomic E-state index is -4.14. The van der Waals surface area contributed by atoms with Gasteiger partial charge in [-0.25, -0.2) is 16.8 Å². The molecule has 3 aromatic rings. The maximum absolute atomic E-state index is 13.5. The Bertz CT molecular complexity index is 1470. The minimum absolute atomic E-state index is 0.0131. The maximum atomic E-state index is 13.5. The van der Waals surface area contributed by atoms with Gasteiger partial charge >= 0.3 is 0 Å². The van der Waals surface area contributed by atoms with Gasteiger partial charge in [-0.1, -0.05) is 29.8 Å². The van der Waals surface area contributed by atoms with Crippen LogP contribution in [0.4, 0.5) is 11.4 Å². The summed E-state index contributed by atoms with van der Waals surface area (Å²) < 4.78 is 60.7. The van der Waals surface area contributed by atoms with E-state index in [0.29, 0.717) is 18.1 Å². The van der Waals surface area contributed by atoms with Crippen LogP contribution in [0.5, 0.6) is 5.75 Å². The number of carbonyl (C=O) groups excluding carboxylic acids is 1. The molecule has 1 amide bonds. The number of nitrogens with zero attached hydrogens (tertiary/aromatic N) is 2. The summed E-state index contributed by atoms with van der Waals surface area (Å²) in [5.74, 6) is -0.448. The molecule has 3 aromatic carbocycles. The molecular weight excluding hydrogens is 538 g/mol. The van der Waals surface area contributed by atoms with Crippen molar-refractivity contribution in [1.82, 2.24) is 4.31 Å². The van der Waals surface area contributed by atoms with Gasteiger partial charge in [0.15, 0.2) is 0 Å². The molecule has 1 aliphatic heterocycles. The number of benzene rings is 3. The van der Waals surface area contributed by atoms with Crippen molar-refractivity contribution in [3.8, 4) is 5.75 Å². The second kappa shape index (κ2) is 11.1. The Balaban J connectivity index is 1.64. The van der Waals surface area contributed by atoms with Gasteiger partial charge in [0.05, 0.1) is 28.3 Å². The quantitative estimate of drug-likeness (QED) is 0.421. The number of halogens is 1. The molecule has 0 aromatic heterocycles. The van der Waals surface area contributed by atoms with Crippen LogP contribution in [0.2, 0.25) is 5.02 Å². The fourth-order valence-electron chi connectivity index (χ4n) is 3.99. The van der Waals surface area contributed by atoms with Gasteiger partial charge in [-0.2, -0.15) is 4.31 Å². The van der Waals surface area contributed by atoms with Crippen molar-refractivity contribution in [3.63, 3.8) is 0 Å². The third-order valence-corrected chi connectivity index (χ3v) is 9.82. The SMILES string of the molecule is COc1ccc(S(=O)(=O)N2CCCC2)cc1NC(=O)CN(c1ccccc1)S(=O)(=O)c1ccc(Cl)cc1. The standard InChI is InChI=1S/C25H26ClN3O6S2/c1-35-24-14-13-22(36(31,32)28-15-5-6-16-28)17-23(24)27-25(30)18-29(20-7-3-2-4-8-20)37(33,34)21-11-9-19(26)10-12-21/h2-4,7-14,17H,5-6,15-16,18H2,1H3,(H,27,30). The predicted octanol–water partition coefficient (Wildman–Crippen LogP) is 3.97. The van der Waals surface area contributed by atoms with E-state index >= 15 is 0 Å². The zero-order valence-electron chi connectivity index (χ0n) is 20.0. The smallest absolute Gasteiger partial charge is 0.264 e. The molecule has 1 saturated heterocycles. The summed E-state index contributed by atoms with van der Waals surface area (Å²) in [6.07, 6.45) is 1.58. The number of amides is 1. The van der Waals surface area contributed by atoms with E-state index in [1.807, 2.05) is 0 Å². The zero-order chi connectivity index (χ0) is 26.6. The largest absolute Gasteiger partial charge is 0.495 e. The van der Waals surface area contributed by atoms with E-state index in [1.54, 1.807) is 30.3 Å². The lowest BCUT2D eigenvalue weighted by molar-refractivity contribution is -0.114. The highest BCUT2D eigenvalue weighted by Gasteiger charge is 2.30. The number of para-hydroxylation sites is 1. The molecule has 1 fully saturated rings. The lowest BCUT2D eigenvalue weighted by Gasteiger charge is -2.24. The van der Waals surface area contributed by atoms with E-state index < -0.39 is 32.5 Å². The van der Waals surface area contributed by atoms with Crippen molar-refractivity contribution in [2.75, 3.05) is 36.4 Å². The van der Waals surface area contributed by atoms with Gasteiger partial charge in [-0.05, 0) is 67.4 Å². The highest BCUT2D eigenvalue weighted by Crippen LogP contribution is 2.31. The van der Waals surface area contributed by atoms with Crippen LogP contribution >= 0.6 is 11.6 Å². The highest BCUT2D eigenvalue weighted by atomic mass is 35.5. The lowest BCUT2D eigenvalue weighted by Crippen LogP contribution is -2.38. The Labute approximate surface area is 221 Å². The Morgan fingerprint density at radius 3 is 2.19 bits per heavy atom. The number of methoxy groups -OCH3 is 1. The number of rotatable bonds is 9. The van der Waals surface area contributed by atoms with Crippen molar-refractivity contribution in [2.45, 2.75) is 22.6 Å². The van der Waals surface area contributed by atoms with Crippen LogP contribution in [0.15, 0.2) is 82.6 Å². The molecule has 37 heavy (non-hydrogen) atoms. The number of sulfonamides is 2. The van der Waals surface area contributed by atoms with Crippen LogP contribution in [0.3, 0.4) is 0 Å². The molecule has 0 atom stereocenters. The topological polar surface area (TPSA) is 113 Å². The Morgan fingerprint density at radius 1 is 0.946 bits per heavy atom. The molecule has 12 heteroatoms. The summed E-state index contributed by atoms with van der Waals surface area (Å²) >= 11 is 5.92. The van der Waals surface area contributed by atoms with Gasteiger partial charge in [0, 0.05) is 18.1 Å². The third kappa shape index (κ3) is 5.90. The summed E-state index contributed by atoms with van der Waals surface area (Å²) in [7, 11) is -6.49. The molecular formula is C25H26ClN3O6S2. The van der Waals surface area contributed by atoms with Crippen molar-refractivity contribution in [3.05, 3.63) is 77.8 Å². The maximum Gasteiger partial charge on any atom is 0.264 e. The lowest BCUT2D eigenvalue weighted by atomic mass is 10.3. The van der Waals surface area contributed by atoms with E-state index in [0.717, 1.165) is 17.1 Å². The van der Waals surface area contributed by atoms with Crippen LogP contribution < -0.4 is 14.4 Å². The zero-order valence-corrected chi connectivity index (χ0v) is 22.4. The average molecular weight is 564 g/mol. The fourth-order valence-corrected chi connectivity index (χ4v) is 7.08. The Kier molecular flexibility index (Phi) is 8.08. The van der Waals surface area contributed by atoms with Crippen LogP contribution in [0, 0.1) is 0 Å². The first-order valence-electron chi connectivity index (χ1n) is 11.4. The van der Waals surface area contributed by atoms with Gasteiger partial charge in [-0.15, -0.1) is 0 Å². The van der Waals surface area contributed by atoms with E-state index in [1.165, 1.54) is 53.9 Å². The number of anilines is 2.